The molecule has 0 radical (unpaired) electrons. The fourth-order valence-electron chi connectivity index (χ4n) is 4.07. The lowest BCUT2D eigenvalue weighted by Gasteiger charge is -2.29. The predicted molar refractivity (Wildman–Crippen MR) is 143 cm³/mol. The van der Waals surface area contributed by atoms with E-state index in [1.165, 1.54) is 23.2 Å². The summed E-state index contributed by atoms with van der Waals surface area (Å²) in [5, 5.41) is 16.0. The van der Waals surface area contributed by atoms with Gasteiger partial charge in [-0.1, -0.05) is 36.2 Å². The smallest absolute Gasteiger partial charge is 0.337 e. The van der Waals surface area contributed by atoms with Gasteiger partial charge in [-0.15, -0.1) is 11.3 Å². The molecule has 1 saturated heterocycles. The van der Waals surface area contributed by atoms with Crippen LogP contribution in [0.15, 0.2) is 52.1 Å². The third kappa shape index (κ3) is 8.45. The molecule has 2 atom stereocenters. The zero-order chi connectivity index (χ0) is 27.9. The molecule has 2 aliphatic heterocycles. The molecule has 0 saturated carbocycles. The Morgan fingerprint density at radius 3 is 2.61 bits per heavy atom. The molecule has 38 heavy (non-hydrogen) atoms. The highest BCUT2D eigenvalue weighted by atomic mass is 35.5. The molecular weight excluding hydrogens is 561 g/mol. The number of hydrogen-bond donors (Lipinski definition) is 2. The standard InChI is InChI=1S/C19H24F2N4O4S.C6H4Cl2/c1-3-29-18(28)13-8-23-15(16-22-4-5-30-16)24-14(13)9-25-10-19(20,21)7-12(25)6-11(2)17(26)27;7-5-2-1-3-6(8)4-5/h4-5,11-12H,3,6-10H2,1-2H3,(H,23,24)(H,26,27);1-4H/t11?,12-;/m0./s1. The number of aromatic nitrogens is 1. The number of carboxylic acids is 1. The summed E-state index contributed by atoms with van der Waals surface area (Å²) in [4.78, 5) is 33.7. The molecule has 1 aromatic carbocycles. The van der Waals surface area contributed by atoms with Crippen LogP contribution in [0, 0.1) is 5.92 Å². The molecule has 206 valence electrons. The van der Waals surface area contributed by atoms with Crippen molar-refractivity contribution in [3.8, 4) is 0 Å². The molecule has 0 spiro atoms. The van der Waals surface area contributed by atoms with Gasteiger partial charge >= 0.3 is 11.9 Å². The molecule has 8 nitrogen and oxygen atoms in total. The van der Waals surface area contributed by atoms with Crippen molar-refractivity contribution in [1.29, 1.82) is 0 Å². The SMILES string of the molecule is CCOC(=O)C1=C(CN2CC(F)(F)C[C@@H]2CC(C)C(=O)O)NC(c2nccs2)=NC1.Clc1cccc(Cl)c1. The number of carbonyl (C=O) groups excluding carboxylic acids is 1. The number of aliphatic carboxylic acids is 1. The molecule has 0 aliphatic carbocycles. The minimum Gasteiger partial charge on any atom is -0.481 e. The Hall–Kier alpha value is -2.60. The summed E-state index contributed by atoms with van der Waals surface area (Å²) >= 11 is 12.5. The number of alkyl halides is 2. The topological polar surface area (TPSA) is 104 Å². The maximum absolute atomic E-state index is 14.2. The Morgan fingerprint density at radius 2 is 2.05 bits per heavy atom. The van der Waals surface area contributed by atoms with Crippen molar-refractivity contribution in [2.45, 2.75) is 38.7 Å². The number of thiazole rings is 1. The highest BCUT2D eigenvalue weighted by Crippen LogP contribution is 2.35. The van der Waals surface area contributed by atoms with Crippen LogP contribution in [0.4, 0.5) is 8.78 Å². The quantitative estimate of drug-likeness (QED) is 0.412. The van der Waals surface area contributed by atoms with Gasteiger partial charge < -0.3 is 15.2 Å². The summed E-state index contributed by atoms with van der Waals surface area (Å²) in [6.07, 6.45) is 1.30. The first kappa shape index (κ1) is 29.9. The zero-order valence-corrected chi connectivity index (χ0v) is 23.1. The Labute approximate surface area is 233 Å². The molecule has 1 aromatic heterocycles. The number of benzene rings is 1. The molecule has 4 rings (SSSR count). The number of nitrogens with one attached hydrogen (secondary N) is 1. The van der Waals surface area contributed by atoms with Crippen LogP contribution in [0.2, 0.25) is 10.0 Å². The molecule has 1 fully saturated rings. The third-order valence-electron chi connectivity index (χ3n) is 5.87. The van der Waals surface area contributed by atoms with Gasteiger partial charge in [-0.2, -0.15) is 0 Å². The van der Waals surface area contributed by atoms with E-state index >= 15 is 0 Å². The lowest BCUT2D eigenvalue weighted by Crippen LogP contribution is -2.41. The number of esters is 1. The van der Waals surface area contributed by atoms with Gasteiger partial charge in [0, 0.05) is 46.3 Å². The first-order chi connectivity index (χ1) is 18.0. The van der Waals surface area contributed by atoms with Crippen molar-refractivity contribution in [1.82, 2.24) is 15.2 Å². The van der Waals surface area contributed by atoms with Crippen LogP contribution in [0.5, 0.6) is 0 Å². The highest BCUT2D eigenvalue weighted by molar-refractivity contribution is 7.11. The number of carbonyl (C=O) groups is 2. The van der Waals surface area contributed by atoms with E-state index in [0.29, 0.717) is 26.6 Å². The van der Waals surface area contributed by atoms with Gasteiger partial charge in [-0.25, -0.2) is 18.6 Å². The van der Waals surface area contributed by atoms with Crippen LogP contribution in [-0.2, 0) is 14.3 Å². The van der Waals surface area contributed by atoms with Crippen LogP contribution in [0.25, 0.3) is 0 Å². The molecule has 2 aromatic rings. The van der Waals surface area contributed by atoms with E-state index < -0.39 is 42.8 Å². The van der Waals surface area contributed by atoms with Gasteiger partial charge in [-0.05, 0) is 31.5 Å². The van der Waals surface area contributed by atoms with Gasteiger partial charge in [0.25, 0.3) is 5.92 Å². The molecule has 0 bridgehead atoms. The summed E-state index contributed by atoms with van der Waals surface area (Å²) in [5.74, 6) is -4.78. The van der Waals surface area contributed by atoms with Crippen molar-refractivity contribution in [2.24, 2.45) is 10.9 Å². The number of rotatable bonds is 8. The van der Waals surface area contributed by atoms with E-state index in [2.05, 4.69) is 15.3 Å². The minimum atomic E-state index is -2.92. The largest absolute Gasteiger partial charge is 0.481 e. The van der Waals surface area contributed by atoms with E-state index in [-0.39, 0.29) is 31.7 Å². The first-order valence-corrected chi connectivity index (χ1v) is 13.5. The minimum absolute atomic E-state index is 0.0329. The van der Waals surface area contributed by atoms with E-state index in [4.69, 9.17) is 27.9 Å². The number of amidine groups is 1. The van der Waals surface area contributed by atoms with Crippen LogP contribution in [0.1, 0.15) is 31.7 Å². The van der Waals surface area contributed by atoms with Crippen molar-refractivity contribution >= 4 is 52.3 Å². The fraction of sp³-hybridized carbons (Fsp3) is 0.440. The second kappa shape index (κ2) is 13.5. The average molecular weight is 589 g/mol. The Kier molecular flexibility index (Phi) is 10.6. The lowest BCUT2D eigenvalue weighted by molar-refractivity contribution is -0.141. The normalized spacial score (nSPS) is 19.6. The van der Waals surface area contributed by atoms with Crippen LogP contribution >= 0.6 is 34.5 Å². The summed E-state index contributed by atoms with van der Waals surface area (Å²) in [6, 6.07) is 6.46. The van der Waals surface area contributed by atoms with Gasteiger partial charge in [0.1, 0.15) is 0 Å². The van der Waals surface area contributed by atoms with Gasteiger partial charge in [0.05, 0.1) is 31.2 Å². The molecule has 1 unspecified atom stereocenters. The number of carboxylic acid groups (broad SMARTS) is 1. The number of aliphatic imine (C=N–C) groups is 1. The second-order valence-corrected chi connectivity index (χ2v) is 10.6. The Bertz CT molecular complexity index is 1180. The maximum atomic E-state index is 14.2. The van der Waals surface area contributed by atoms with Crippen molar-refractivity contribution in [3.05, 3.63) is 62.2 Å². The number of halogens is 4. The van der Waals surface area contributed by atoms with E-state index in [1.54, 1.807) is 36.7 Å². The second-order valence-electron chi connectivity index (χ2n) is 8.84. The fourth-order valence-corrected chi connectivity index (χ4v) is 5.10. The number of likely N-dealkylation sites (tertiary alicyclic amines) is 1. The Balaban J connectivity index is 0.000000427. The number of hydrogen-bond acceptors (Lipinski definition) is 8. The number of nitrogens with zero attached hydrogens (tertiary/aromatic N) is 3. The van der Waals surface area contributed by atoms with E-state index in [9.17, 15) is 23.5 Å². The Morgan fingerprint density at radius 1 is 1.34 bits per heavy atom. The first-order valence-electron chi connectivity index (χ1n) is 11.8. The summed E-state index contributed by atoms with van der Waals surface area (Å²) in [5.41, 5.74) is 0.705. The van der Waals surface area contributed by atoms with Crippen molar-refractivity contribution in [2.75, 3.05) is 26.2 Å². The highest BCUT2D eigenvalue weighted by Gasteiger charge is 2.46. The van der Waals surface area contributed by atoms with Crippen molar-refractivity contribution < 1.29 is 28.2 Å². The molecule has 2 aliphatic rings. The molecule has 13 heteroatoms. The van der Waals surface area contributed by atoms with Gasteiger partial charge in [0.2, 0.25) is 0 Å². The predicted octanol–water partition coefficient (Wildman–Crippen LogP) is 5.12. The molecular formula is C25H28Cl2F2N4O4S. The van der Waals surface area contributed by atoms with Gasteiger partial charge in [0.15, 0.2) is 10.8 Å². The zero-order valence-electron chi connectivity index (χ0n) is 20.8. The average Bonchev–Trinajstić information content (AvgIpc) is 3.47. The van der Waals surface area contributed by atoms with Gasteiger partial charge in [-0.3, -0.25) is 14.7 Å². The summed E-state index contributed by atoms with van der Waals surface area (Å²) in [7, 11) is 0. The molecule has 0 amide bonds. The van der Waals surface area contributed by atoms with Crippen LogP contribution in [-0.4, -0.2) is 71.0 Å². The number of ether oxygens (including phenoxy) is 1. The maximum Gasteiger partial charge on any atom is 0.337 e. The summed E-state index contributed by atoms with van der Waals surface area (Å²) in [6.45, 7) is 2.95. The monoisotopic (exact) mass is 588 g/mol. The molecule has 2 N–H and O–H groups in total. The molecule has 3 heterocycles. The summed E-state index contributed by atoms with van der Waals surface area (Å²) < 4.78 is 33.5. The van der Waals surface area contributed by atoms with Crippen LogP contribution in [0.3, 0.4) is 0 Å². The van der Waals surface area contributed by atoms with Crippen LogP contribution < -0.4 is 5.32 Å². The van der Waals surface area contributed by atoms with E-state index in [0.717, 1.165) is 0 Å². The lowest BCUT2D eigenvalue weighted by atomic mass is 9.99. The van der Waals surface area contributed by atoms with Crippen molar-refractivity contribution in [3.63, 3.8) is 0 Å². The third-order valence-corrected chi connectivity index (χ3v) is 7.12. The van der Waals surface area contributed by atoms with E-state index in [1.807, 2.05) is 6.07 Å².